The maximum absolute atomic E-state index is 11.6. The Labute approximate surface area is 104 Å². The van der Waals surface area contributed by atoms with E-state index in [0.717, 1.165) is 0 Å². The molecule has 0 saturated carbocycles. The zero-order valence-electron chi connectivity index (χ0n) is 9.17. The first-order chi connectivity index (χ1) is 7.29. The number of nitrogens with zero attached hydrogens (tertiary/aromatic N) is 1. The first-order valence-corrected chi connectivity index (χ1v) is 5.35. The Morgan fingerprint density at radius 2 is 2.00 bits per heavy atom. The van der Waals surface area contributed by atoms with Gasteiger partial charge in [-0.25, -0.2) is 10.5 Å². The van der Waals surface area contributed by atoms with E-state index < -0.39 is 11.5 Å². The maximum Gasteiger partial charge on any atom is 0.295 e. The van der Waals surface area contributed by atoms with Crippen LogP contribution in [0.4, 0.5) is 0 Å². The number of aromatic nitrogens is 1. The first-order valence-electron chi connectivity index (χ1n) is 4.60. The summed E-state index contributed by atoms with van der Waals surface area (Å²) in [6.07, 6.45) is 0. The second-order valence-electron chi connectivity index (χ2n) is 4.11. The molecule has 0 fully saturated rings. The summed E-state index contributed by atoms with van der Waals surface area (Å²) in [5.41, 5.74) is 1.82. The van der Waals surface area contributed by atoms with Crippen molar-refractivity contribution in [1.29, 1.82) is 0 Å². The van der Waals surface area contributed by atoms with Gasteiger partial charge in [-0.15, -0.1) is 0 Å². The van der Waals surface area contributed by atoms with Crippen molar-refractivity contribution in [3.05, 3.63) is 28.0 Å². The van der Waals surface area contributed by atoms with Crippen LogP contribution in [0.5, 0.6) is 0 Å². The molecular weight excluding hydrogens is 251 g/mol. The molecule has 0 atom stereocenters. The van der Waals surface area contributed by atoms with Crippen molar-refractivity contribution < 1.29 is 9.63 Å². The third-order valence-electron chi connectivity index (χ3n) is 1.48. The molecule has 0 radical (unpaired) electrons. The highest BCUT2D eigenvalue weighted by atomic mass is 35.5. The van der Waals surface area contributed by atoms with E-state index in [1.54, 1.807) is 20.8 Å². The zero-order chi connectivity index (χ0) is 12.3. The summed E-state index contributed by atoms with van der Waals surface area (Å²) in [6.45, 7) is 5.42. The Hall–Kier alpha value is -0.840. The highest BCUT2D eigenvalue weighted by Crippen LogP contribution is 2.17. The smallest absolute Gasteiger partial charge is 0.268 e. The van der Waals surface area contributed by atoms with Crippen molar-refractivity contribution in [3.63, 3.8) is 0 Å². The first kappa shape index (κ1) is 13.2. The summed E-state index contributed by atoms with van der Waals surface area (Å²) in [7, 11) is 0. The molecule has 6 heteroatoms. The maximum atomic E-state index is 11.6. The van der Waals surface area contributed by atoms with Gasteiger partial charge in [0.25, 0.3) is 5.91 Å². The lowest BCUT2D eigenvalue weighted by molar-refractivity contribution is -0.0591. The van der Waals surface area contributed by atoms with Gasteiger partial charge in [-0.3, -0.25) is 9.63 Å². The Balaban J connectivity index is 2.77. The number of amides is 1. The number of carbonyl (C=O) groups is 1. The minimum Gasteiger partial charge on any atom is -0.268 e. The summed E-state index contributed by atoms with van der Waals surface area (Å²) in [5.74, 6) is -0.526. The van der Waals surface area contributed by atoms with E-state index in [4.69, 9.17) is 28.0 Å². The van der Waals surface area contributed by atoms with Gasteiger partial charge < -0.3 is 0 Å². The van der Waals surface area contributed by atoms with Crippen LogP contribution in [0.3, 0.4) is 0 Å². The molecule has 0 saturated heterocycles. The van der Waals surface area contributed by atoms with Gasteiger partial charge in [0.2, 0.25) is 0 Å². The number of hydroxylamine groups is 1. The van der Waals surface area contributed by atoms with Crippen LogP contribution in [0.1, 0.15) is 31.3 Å². The molecule has 1 aromatic rings. The quantitative estimate of drug-likeness (QED) is 0.659. The molecule has 88 valence electrons. The van der Waals surface area contributed by atoms with Gasteiger partial charge in [0.1, 0.15) is 5.15 Å². The fourth-order valence-electron chi connectivity index (χ4n) is 0.825. The van der Waals surface area contributed by atoms with E-state index >= 15 is 0 Å². The van der Waals surface area contributed by atoms with Crippen molar-refractivity contribution >= 4 is 29.1 Å². The number of nitrogens with one attached hydrogen (secondary N) is 1. The van der Waals surface area contributed by atoms with Crippen LogP contribution in [-0.2, 0) is 4.84 Å². The van der Waals surface area contributed by atoms with Crippen molar-refractivity contribution in [3.8, 4) is 0 Å². The lowest BCUT2D eigenvalue weighted by Gasteiger charge is -2.18. The van der Waals surface area contributed by atoms with Gasteiger partial charge in [0.05, 0.1) is 10.6 Å². The van der Waals surface area contributed by atoms with Crippen LogP contribution in [0.15, 0.2) is 12.1 Å². The van der Waals surface area contributed by atoms with Crippen LogP contribution < -0.4 is 5.48 Å². The van der Waals surface area contributed by atoms with E-state index in [1.807, 2.05) is 0 Å². The lowest BCUT2D eigenvalue weighted by atomic mass is 10.2. The molecule has 1 N–H and O–H groups in total. The fourth-order valence-corrected chi connectivity index (χ4v) is 1.16. The van der Waals surface area contributed by atoms with Crippen LogP contribution >= 0.6 is 23.2 Å². The van der Waals surface area contributed by atoms with E-state index in [9.17, 15) is 4.79 Å². The predicted octanol–water partition coefficient (Wildman–Crippen LogP) is 2.85. The standard InChI is InChI=1S/C10H12Cl2N2O2/c1-10(2,3)16-14-9(15)8-6(11)4-5-7(12)13-8/h4-5H,1-3H3,(H,14,15). The van der Waals surface area contributed by atoms with Crippen molar-refractivity contribution in [2.24, 2.45) is 0 Å². The molecule has 0 spiro atoms. The molecule has 1 aromatic heterocycles. The Morgan fingerprint density at radius 3 is 2.56 bits per heavy atom. The largest absolute Gasteiger partial charge is 0.295 e. The molecule has 4 nitrogen and oxygen atoms in total. The highest BCUT2D eigenvalue weighted by molar-refractivity contribution is 6.34. The van der Waals surface area contributed by atoms with Gasteiger partial charge in [-0.1, -0.05) is 23.2 Å². The molecule has 0 aliphatic carbocycles. The van der Waals surface area contributed by atoms with Crippen LogP contribution in [0.25, 0.3) is 0 Å². The molecule has 1 heterocycles. The lowest BCUT2D eigenvalue weighted by Crippen LogP contribution is -2.34. The molecule has 1 rings (SSSR count). The van der Waals surface area contributed by atoms with Gasteiger partial charge >= 0.3 is 0 Å². The number of halogens is 2. The predicted molar refractivity (Wildman–Crippen MR) is 62.6 cm³/mol. The van der Waals surface area contributed by atoms with Gasteiger partial charge in [0.15, 0.2) is 5.69 Å². The molecule has 16 heavy (non-hydrogen) atoms. The molecule has 0 unspecified atom stereocenters. The second-order valence-corrected chi connectivity index (χ2v) is 4.90. The SMILES string of the molecule is CC(C)(C)ONC(=O)c1nc(Cl)ccc1Cl. The average Bonchev–Trinajstić information content (AvgIpc) is 2.17. The molecule has 0 bridgehead atoms. The van der Waals surface area contributed by atoms with E-state index in [0.29, 0.717) is 0 Å². The number of pyridine rings is 1. The molecule has 0 aromatic carbocycles. The van der Waals surface area contributed by atoms with Crippen molar-refractivity contribution in [1.82, 2.24) is 10.5 Å². The zero-order valence-corrected chi connectivity index (χ0v) is 10.7. The average molecular weight is 263 g/mol. The number of hydrogen-bond donors (Lipinski definition) is 1. The summed E-state index contributed by atoms with van der Waals surface area (Å²) >= 11 is 11.5. The Bertz CT molecular complexity index is 402. The summed E-state index contributed by atoms with van der Waals surface area (Å²) in [4.78, 5) is 20.5. The van der Waals surface area contributed by atoms with Crippen LogP contribution in [0.2, 0.25) is 10.2 Å². The fraction of sp³-hybridized carbons (Fsp3) is 0.400. The van der Waals surface area contributed by atoms with E-state index in [-0.39, 0.29) is 15.9 Å². The third-order valence-corrected chi connectivity index (χ3v) is 1.99. The monoisotopic (exact) mass is 262 g/mol. The van der Waals surface area contributed by atoms with Gasteiger partial charge in [-0.2, -0.15) is 0 Å². The van der Waals surface area contributed by atoms with E-state index in [2.05, 4.69) is 10.5 Å². The van der Waals surface area contributed by atoms with Crippen LogP contribution in [0, 0.1) is 0 Å². The molecule has 0 aliphatic rings. The topological polar surface area (TPSA) is 51.2 Å². The van der Waals surface area contributed by atoms with Crippen LogP contribution in [-0.4, -0.2) is 16.5 Å². The van der Waals surface area contributed by atoms with Gasteiger partial charge in [0, 0.05) is 0 Å². The summed E-state index contributed by atoms with van der Waals surface area (Å²) in [6, 6.07) is 3.01. The van der Waals surface area contributed by atoms with E-state index in [1.165, 1.54) is 12.1 Å². The number of hydrogen-bond acceptors (Lipinski definition) is 3. The third kappa shape index (κ3) is 3.96. The molecular formula is C10H12Cl2N2O2. The Morgan fingerprint density at radius 1 is 1.38 bits per heavy atom. The highest BCUT2D eigenvalue weighted by Gasteiger charge is 2.17. The normalized spacial score (nSPS) is 11.3. The molecule has 0 aliphatic heterocycles. The summed E-state index contributed by atoms with van der Waals surface area (Å²) < 4.78 is 0. The van der Waals surface area contributed by atoms with Crippen molar-refractivity contribution in [2.45, 2.75) is 26.4 Å². The Kier molecular flexibility index (Phi) is 4.13. The van der Waals surface area contributed by atoms with Gasteiger partial charge in [-0.05, 0) is 32.9 Å². The minimum absolute atomic E-state index is 0.0402. The number of carbonyl (C=O) groups excluding carboxylic acids is 1. The minimum atomic E-state index is -0.526. The summed E-state index contributed by atoms with van der Waals surface area (Å²) in [5, 5.41) is 0.421. The van der Waals surface area contributed by atoms with Crippen molar-refractivity contribution in [2.75, 3.05) is 0 Å². The second kappa shape index (κ2) is 4.99. The molecule has 1 amide bonds. The number of rotatable bonds is 2.